The van der Waals surface area contributed by atoms with Crippen molar-refractivity contribution in [3.05, 3.63) is 33.9 Å². The molecule has 0 amide bonds. The van der Waals surface area contributed by atoms with Crippen molar-refractivity contribution in [2.45, 2.75) is 6.10 Å². The summed E-state index contributed by atoms with van der Waals surface area (Å²) < 4.78 is 10.3. The van der Waals surface area contributed by atoms with Crippen LogP contribution in [0.5, 0.6) is 5.75 Å². The topological polar surface area (TPSA) is 88.7 Å². The van der Waals surface area contributed by atoms with E-state index in [0.717, 1.165) is 0 Å². The Kier molecular flexibility index (Phi) is 2.70. The third-order valence-electron chi connectivity index (χ3n) is 2.12. The Morgan fingerprint density at radius 1 is 1.69 bits per heavy atom. The van der Waals surface area contributed by atoms with Crippen LogP contribution in [-0.4, -0.2) is 24.2 Å². The van der Waals surface area contributed by atoms with E-state index < -0.39 is 4.92 Å². The molecule has 0 aliphatic carbocycles. The van der Waals surface area contributed by atoms with E-state index in [-0.39, 0.29) is 17.4 Å². The molecule has 1 aromatic carbocycles. The molecule has 0 unspecified atom stereocenters. The van der Waals surface area contributed by atoms with E-state index in [1.807, 2.05) is 0 Å². The van der Waals surface area contributed by atoms with E-state index in [9.17, 15) is 10.1 Å². The molecular weight excluding hydrogens is 212 g/mol. The molecule has 1 aromatic rings. The number of hydrogen-bond donors (Lipinski definition) is 0. The van der Waals surface area contributed by atoms with Gasteiger partial charge in [0.25, 0.3) is 5.69 Å². The highest BCUT2D eigenvalue weighted by Crippen LogP contribution is 2.24. The van der Waals surface area contributed by atoms with E-state index in [2.05, 4.69) is 0 Å². The molecule has 2 rings (SSSR count). The minimum Gasteiger partial charge on any atom is -0.491 e. The fraction of sp³-hybridized carbons (Fsp3) is 0.300. The van der Waals surface area contributed by atoms with Gasteiger partial charge in [0.2, 0.25) is 0 Å². The quantitative estimate of drug-likeness (QED) is 0.432. The third-order valence-corrected chi connectivity index (χ3v) is 2.12. The van der Waals surface area contributed by atoms with Gasteiger partial charge >= 0.3 is 0 Å². The highest BCUT2D eigenvalue weighted by atomic mass is 16.6. The van der Waals surface area contributed by atoms with Gasteiger partial charge in [-0.05, 0) is 6.07 Å². The van der Waals surface area contributed by atoms with Crippen LogP contribution in [0.1, 0.15) is 5.56 Å². The maximum absolute atomic E-state index is 10.6. The third kappa shape index (κ3) is 2.27. The highest BCUT2D eigenvalue weighted by Gasteiger charge is 2.23. The molecule has 82 valence electrons. The molecule has 6 nitrogen and oxygen atoms in total. The van der Waals surface area contributed by atoms with Crippen LogP contribution in [0.25, 0.3) is 0 Å². The van der Waals surface area contributed by atoms with Crippen molar-refractivity contribution < 1.29 is 14.4 Å². The van der Waals surface area contributed by atoms with Crippen molar-refractivity contribution in [3.8, 4) is 11.8 Å². The van der Waals surface area contributed by atoms with Gasteiger partial charge in [0.1, 0.15) is 30.1 Å². The van der Waals surface area contributed by atoms with E-state index >= 15 is 0 Å². The SMILES string of the molecule is N#Cc1cc(OC[C@@H]2CO2)ccc1[N+](=O)[O-]. The number of nitriles is 1. The van der Waals surface area contributed by atoms with Crippen LogP contribution in [0, 0.1) is 21.4 Å². The number of hydrogen-bond acceptors (Lipinski definition) is 5. The lowest BCUT2D eigenvalue weighted by Gasteiger charge is -2.04. The van der Waals surface area contributed by atoms with Gasteiger partial charge in [-0.25, -0.2) is 0 Å². The molecule has 0 aromatic heterocycles. The van der Waals surface area contributed by atoms with Crippen molar-refractivity contribution in [3.63, 3.8) is 0 Å². The van der Waals surface area contributed by atoms with Crippen molar-refractivity contribution in [2.75, 3.05) is 13.2 Å². The van der Waals surface area contributed by atoms with Gasteiger partial charge in [0.15, 0.2) is 0 Å². The number of epoxide rings is 1. The average Bonchev–Trinajstić information content (AvgIpc) is 3.09. The Bertz CT molecular complexity index is 462. The number of nitro groups is 1. The largest absolute Gasteiger partial charge is 0.491 e. The Morgan fingerprint density at radius 2 is 2.44 bits per heavy atom. The molecule has 1 aliphatic heterocycles. The fourth-order valence-electron chi connectivity index (χ4n) is 1.21. The first-order valence-electron chi connectivity index (χ1n) is 4.63. The molecular formula is C10H8N2O4. The zero-order valence-corrected chi connectivity index (χ0v) is 8.25. The standard InChI is InChI=1S/C10H8N2O4/c11-4-7-3-8(15-5-9-6-16-9)1-2-10(7)12(13)14/h1-3,9H,5-6H2/t9-/m1/s1. The molecule has 1 aliphatic rings. The number of ether oxygens (including phenoxy) is 2. The molecule has 0 bridgehead atoms. The lowest BCUT2D eigenvalue weighted by molar-refractivity contribution is -0.385. The second-order valence-corrected chi connectivity index (χ2v) is 3.31. The van der Waals surface area contributed by atoms with E-state index in [1.54, 1.807) is 6.07 Å². The van der Waals surface area contributed by atoms with Crippen molar-refractivity contribution in [1.29, 1.82) is 5.26 Å². The van der Waals surface area contributed by atoms with Crippen LogP contribution in [0.15, 0.2) is 18.2 Å². The van der Waals surface area contributed by atoms with E-state index in [4.69, 9.17) is 14.7 Å². The lowest BCUT2D eigenvalue weighted by Crippen LogP contribution is -2.04. The summed E-state index contributed by atoms with van der Waals surface area (Å²) in [7, 11) is 0. The Labute approximate surface area is 91.2 Å². The summed E-state index contributed by atoms with van der Waals surface area (Å²) in [6, 6.07) is 5.87. The smallest absolute Gasteiger partial charge is 0.287 e. The van der Waals surface area contributed by atoms with Gasteiger partial charge in [-0.15, -0.1) is 0 Å². The Morgan fingerprint density at radius 3 is 3.00 bits per heavy atom. The number of nitro benzene ring substituents is 1. The van der Waals surface area contributed by atoms with Crippen LogP contribution in [-0.2, 0) is 4.74 Å². The number of benzene rings is 1. The normalized spacial score (nSPS) is 17.6. The van der Waals surface area contributed by atoms with Crippen molar-refractivity contribution in [2.24, 2.45) is 0 Å². The van der Waals surface area contributed by atoms with Gasteiger partial charge in [0.05, 0.1) is 11.5 Å². The molecule has 16 heavy (non-hydrogen) atoms. The maximum atomic E-state index is 10.6. The molecule has 0 N–H and O–H groups in total. The average molecular weight is 220 g/mol. The first-order chi connectivity index (χ1) is 7.70. The van der Waals surface area contributed by atoms with Crippen LogP contribution in [0.2, 0.25) is 0 Å². The minimum atomic E-state index is -0.591. The summed E-state index contributed by atoms with van der Waals surface area (Å²) in [5.41, 5.74) is -0.211. The van der Waals surface area contributed by atoms with Gasteiger partial charge in [-0.3, -0.25) is 10.1 Å². The van der Waals surface area contributed by atoms with Crippen LogP contribution >= 0.6 is 0 Å². The molecule has 1 saturated heterocycles. The second kappa shape index (κ2) is 4.16. The molecule has 1 atom stereocenters. The molecule has 0 radical (unpaired) electrons. The Balaban J connectivity index is 2.15. The van der Waals surface area contributed by atoms with E-state index in [1.165, 1.54) is 18.2 Å². The predicted molar refractivity (Wildman–Crippen MR) is 53.0 cm³/mol. The van der Waals surface area contributed by atoms with Gasteiger partial charge < -0.3 is 9.47 Å². The summed E-state index contributed by atoms with van der Waals surface area (Å²) in [5.74, 6) is 0.442. The molecule has 0 saturated carbocycles. The summed E-state index contributed by atoms with van der Waals surface area (Å²) in [5, 5.41) is 19.3. The number of nitrogens with zero attached hydrogens (tertiary/aromatic N) is 2. The summed E-state index contributed by atoms with van der Waals surface area (Å²) in [6.07, 6.45) is 0.112. The summed E-state index contributed by atoms with van der Waals surface area (Å²) in [4.78, 5) is 9.97. The molecule has 6 heteroatoms. The Hall–Kier alpha value is -2.13. The van der Waals surface area contributed by atoms with Crippen molar-refractivity contribution in [1.82, 2.24) is 0 Å². The van der Waals surface area contributed by atoms with Crippen molar-refractivity contribution >= 4 is 5.69 Å². The van der Waals surface area contributed by atoms with Crippen LogP contribution in [0.4, 0.5) is 5.69 Å². The van der Waals surface area contributed by atoms with Gasteiger partial charge in [-0.2, -0.15) is 5.26 Å². The molecule has 1 fully saturated rings. The lowest BCUT2D eigenvalue weighted by atomic mass is 10.2. The fourth-order valence-corrected chi connectivity index (χ4v) is 1.21. The van der Waals surface area contributed by atoms with E-state index in [0.29, 0.717) is 19.0 Å². The van der Waals surface area contributed by atoms with Gasteiger partial charge in [-0.1, -0.05) is 0 Å². The highest BCUT2D eigenvalue weighted by molar-refractivity contribution is 5.52. The number of rotatable bonds is 4. The predicted octanol–water partition coefficient (Wildman–Crippen LogP) is 1.24. The molecule has 0 spiro atoms. The second-order valence-electron chi connectivity index (χ2n) is 3.31. The van der Waals surface area contributed by atoms with Crippen LogP contribution in [0.3, 0.4) is 0 Å². The monoisotopic (exact) mass is 220 g/mol. The maximum Gasteiger partial charge on any atom is 0.287 e. The zero-order valence-electron chi connectivity index (χ0n) is 8.25. The summed E-state index contributed by atoms with van der Waals surface area (Å²) >= 11 is 0. The first-order valence-corrected chi connectivity index (χ1v) is 4.63. The van der Waals surface area contributed by atoms with Crippen LogP contribution < -0.4 is 4.74 Å². The summed E-state index contributed by atoms with van der Waals surface area (Å²) in [6.45, 7) is 1.08. The minimum absolute atomic E-state index is 0.000727. The van der Waals surface area contributed by atoms with Gasteiger partial charge in [0, 0.05) is 12.1 Å². The zero-order chi connectivity index (χ0) is 11.5. The molecule has 1 heterocycles. The first kappa shape index (κ1) is 10.4.